The van der Waals surface area contributed by atoms with Crippen LogP contribution in [0.2, 0.25) is 0 Å². The third kappa shape index (κ3) is 3.35. The number of rotatable bonds is 5. The van der Waals surface area contributed by atoms with E-state index in [1.807, 2.05) is 18.2 Å². The van der Waals surface area contributed by atoms with Crippen LogP contribution in [0, 0.1) is 0 Å². The number of benzene rings is 1. The van der Waals surface area contributed by atoms with E-state index >= 15 is 0 Å². The average Bonchev–Trinajstić information content (AvgIpc) is 2.71. The summed E-state index contributed by atoms with van der Waals surface area (Å²) in [5.74, 6) is 1.56. The Morgan fingerprint density at radius 2 is 2.35 bits per heavy atom. The zero-order chi connectivity index (χ0) is 12.1. The van der Waals surface area contributed by atoms with Gasteiger partial charge in [0.1, 0.15) is 5.75 Å². The lowest BCUT2D eigenvalue weighted by Crippen LogP contribution is -2.02. The minimum atomic E-state index is 0.584. The summed E-state index contributed by atoms with van der Waals surface area (Å²) < 4.78 is 7.18. The molecule has 0 unspecified atom stereocenters. The second-order valence-corrected chi connectivity index (χ2v) is 4.42. The van der Waals surface area contributed by atoms with E-state index in [2.05, 4.69) is 15.5 Å². The Morgan fingerprint density at radius 3 is 3.06 bits per heavy atom. The van der Waals surface area contributed by atoms with E-state index in [1.54, 1.807) is 29.6 Å². The molecule has 0 bridgehead atoms. The summed E-state index contributed by atoms with van der Waals surface area (Å²) in [5.41, 5.74) is 6.35. The van der Waals surface area contributed by atoms with Crippen LogP contribution in [0.4, 0.5) is 5.69 Å². The molecule has 7 heteroatoms. The molecular formula is C10H13N5OS. The first-order chi connectivity index (χ1) is 8.25. The van der Waals surface area contributed by atoms with Gasteiger partial charge in [0.2, 0.25) is 5.16 Å². The molecule has 0 spiro atoms. The third-order valence-electron chi connectivity index (χ3n) is 2.02. The topological polar surface area (TPSA) is 78.8 Å². The Hall–Kier alpha value is -1.76. The summed E-state index contributed by atoms with van der Waals surface area (Å²) in [7, 11) is 1.81. The molecule has 6 nitrogen and oxygen atoms in total. The standard InChI is InChI=1S/C10H13N5OS/c1-15-10(12-13-14-15)17-6-5-16-9-4-2-3-8(11)7-9/h2-4,7H,5-6,11H2,1H3. The highest BCUT2D eigenvalue weighted by molar-refractivity contribution is 7.99. The largest absolute Gasteiger partial charge is 0.493 e. The van der Waals surface area contributed by atoms with Crippen molar-refractivity contribution in [3.8, 4) is 5.75 Å². The number of aromatic nitrogens is 4. The maximum absolute atomic E-state index is 5.64. The number of nitrogens with zero attached hydrogens (tertiary/aromatic N) is 4. The molecule has 1 heterocycles. The van der Waals surface area contributed by atoms with Crippen molar-refractivity contribution in [1.82, 2.24) is 20.2 Å². The van der Waals surface area contributed by atoms with Crippen LogP contribution in [0.3, 0.4) is 0 Å². The van der Waals surface area contributed by atoms with Gasteiger partial charge in [-0.1, -0.05) is 17.8 Å². The first kappa shape index (κ1) is 11.7. The summed E-state index contributed by atoms with van der Waals surface area (Å²) in [4.78, 5) is 0. The van der Waals surface area contributed by atoms with E-state index < -0.39 is 0 Å². The molecule has 0 saturated carbocycles. The number of tetrazole rings is 1. The molecule has 90 valence electrons. The minimum Gasteiger partial charge on any atom is -0.493 e. The Bertz CT molecular complexity index is 487. The summed E-state index contributed by atoms with van der Waals surface area (Å²) in [5, 5.41) is 11.9. The number of ether oxygens (including phenoxy) is 1. The smallest absolute Gasteiger partial charge is 0.209 e. The number of thioether (sulfide) groups is 1. The van der Waals surface area contributed by atoms with Crippen LogP contribution in [-0.2, 0) is 7.05 Å². The molecule has 0 aliphatic rings. The molecule has 2 aromatic rings. The quantitative estimate of drug-likeness (QED) is 0.484. The lowest BCUT2D eigenvalue weighted by atomic mass is 10.3. The highest BCUT2D eigenvalue weighted by atomic mass is 32.2. The van der Waals surface area contributed by atoms with Crippen molar-refractivity contribution < 1.29 is 4.74 Å². The van der Waals surface area contributed by atoms with Gasteiger partial charge in [-0.3, -0.25) is 0 Å². The number of nitrogen functional groups attached to an aromatic ring is 1. The fourth-order valence-corrected chi connectivity index (χ4v) is 1.91. The van der Waals surface area contributed by atoms with Crippen LogP contribution in [0.25, 0.3) is 0 Å². The van der Waals surface area contributed by atoms with Crippen LogP contribution in [0.5, 0.6) is 5.75 Å². The second kappa shape index (κ2) is 5.53. The average molecular weight is 251 g/mol. The lowest BCUT2D eigenvalue weighted by molar-refractivity contribution is 0.344. The molecule has 0 atom stereocenters. The highest BCUT2D eigenvalue weighted by Crippen LogP contribution is 2.16. The van der Waals surface area contributed by atoms with Crippen LogP contribution >= 0.6 is 11.8 Å². The van der Waals surface area contributed by atoms with Crippen LogP contribution in [-0.4, -0.2) is 32.6 Å². The molecule has 17 heavy (non-hydrogen) atoms. The molecule has 1 aromatic heterocycles. The van der Waals surface area contributed by atoms with Crippen molar-refractivity contribution >= 4 is 17.4 Å². The molecular weight excluding hydrogens is 238 g/mol. The minimum absolute atomic E-state index is 0.584. The molecule has 0 amide bonds. The van der Waals surface area contributed by atoms with E-state index in [0.717, 1.165) is 16.7 Å². The molecule has 0 aliphatic heterocycles. The Morgan fingerprint density at radius 1 is 1.47 bits per heavy atom. The summed E-state index contributed by atoms with van der Waals surface area (Å²) in [6.45, 7) is 0.584. The van der Waals surface area contributed by atoms with Crippen molar-refractivity contribution in [2.24, 2.45) is 7.05 Å². The van der Waals surface area contributed by atoms with Crippen molar-refractivity contribution in [2.45, 2.75) is 5.16 Å². The summed E-state index contributed by atoms with van der Waals surface area (Å²) in [6.07, 6.45) is 0. The molecule has 0 aliphatic carbocycles. The van der Waals surface area contributed by atoms with Gasteiger partial charge in [-0.2, -0.15) is 0 Å². The molecule has 2 rings (SSSR count). The predicted octanol–water partition coefficient (Wildman–Crippen LogP) is 0.963. The van der Waals surface area contributed by atoms with E-state index in [1.165, 1.54) is 0 Å². The lowest BCUT2D eigenvalue weighted by Gasteiger charge is -2.05. The molecule has 1 aromatic carbocycles. The maximum Gasteiger partial charge on any atom is 0.209 e. The van der Waals surface area contributed by atoms with Gasteiger partial charge in [-0.25, -0.2) is 4.68 Å². The predicted molar refractivity (Wildman–Crippen MR) is 65.9 cm³/mol. The zero-order valence-corrected chi connectivity index (χ0v) is 10.2. The molecule has 0 fully saturated rings. The molecule has 0 radical (unpaired) electrons. The van der Waals surface area contributed by atoms with Crippen molar-refractivity contribution in [2.75, 3.05) is 18.1 Å². The van der Waals surface area contributed by atoms with E-state index in [-0.39, 0.29) is 0 Å². The van der Waals surface area contributed by atoms with Gasteiger partial charge in [-0.05, 0) is 22.6 Å². The van der Waals surface area contributed by atoms with Gasteiger partial charge in [0.15, 0.2) is 0 Å². The Kier molecular flexibility index (Phi) is 3.81. The fourth-order valence-electron chi connectivity index (χ4n) is 1.24. The maximum atomic E-state index is 5.64. The van der Waals surface area contributed by atoms with Crippen LogP contribution in [0.15, 0.2) is 29.4 Å². The SMILES string of the molecule is Cn1nnnc1SCCOc1cccc(N)c1. The Labute approximate surface area is 103 Å². The molecule has 2 N–H and O–H groups in total. The highest BCUT2D eigenvalue weighted by Gasteiger charge is 2.02. The van der Waals surface area contributed by atoms with Gasteiger partial charge in [0, 0.05) is 24.6 Å². The number of nitrogens with two attached hydrogens (primary N) is 1. The van der Waals surface area contributed by atoms with Crippen molar-refractivity contribution in [1.29, 1.82) is 0 Å². The monoisotopic (exact) mass is 251 g/mol. The number of anilines is 1. The van der Waals surface area contributed by atoms with Crippen LogP contribution in [0.1, 0.15) is 0 Å². The van der Waals surface area contributed by atoms with E-state index in [4.69, 9.17) is 10.5 Å². The van der Waals surface area contributed by atoms with E-state index in [9.17, 15) is 0 Å². The second-order valence-electron chi connectivity index (χ2n) is 3.35. The number of hydrogen-bond donors (Lipinski definition) is 1. The van der Waals surface area contributed by atoms with Gasteiger partial charge in [0.05, 0.1) is 6.61 Å². The number of hydrogen-bond acceptors (Lipinski definition) is 6. The molecule has 0 saturated heterocycles. The number of aryl methyl sites for hydroxylation is 1. The van der Waals surface area contributed by atoms with Crippen molar-refractivity contribution in [3.05, 3.63) is 24.3 Å². The first-order valence-corrected chi connectivity index (χ1v) is 6.08. The summed E-state index contributed by atoms with van der Waals surface area (Å²) in [6, 6.07) is 7.37. The van der Waals surface area contributed by atoms with Gasteiger partial charge in [-0.15, -0.1) is 5.10 Å². The van der Waals surface area contributed by atoms with Gasteiger partial charge < -0.3 is 10.5 Å². The normalized spacial score (nSPS) is 10.4. The Balaban J connectivity index is 1.75. The summed E-state index contributed by atoms with van der Waals surface area (Å²) >= 11 is 1.55. The zero-order valence-electron chi connectivity index (χ0n) is 9.41. The fraction of sp³-hybridized carbons (Fsp3) is 0.300. The van der Waals surface area contributed by atoms with Gasteiger partial charge >= 0.3 is 0 Å². The van der Waals surface area contributed by atoms with Crippen LogP contribution < -0.4 is 10.5 Å². The van der Waals surface area contributed by atoms with Gasteiger partial charge in [0.25, 0.3) is 0 Å². The first-order valence-electron chi connectivity index (χ1n) is 5.09. The van der Waals surface area contributed by atoms with Crippen molar-refractivity contribution in [3.63, 3.8) is 0 Å². The third-order valence-corrected chi connectivity index (χ3v) is 3.00. The van der Waals surface area contributed by atoms with E-state index in [0.29, 0.717) is 12.3 Å².